The van der Waals surface area contributed by atoms with Gasteiger partial charge in [0.25, 0.3) is 5.91 Å². The Hall–Kier alpha value is -3.79. The SMILES string of the molecule is CC(C)(C)OCC(O)C(=O)N(CCCNC(=O)C(C)(COC(=O)C(C)(C)C)COC(=O)C(C)(C)C)CCCNC(=O)C(C)(COC(=O)C(C)(C)C)COC(=O)C(C)(C)C. The third kappa shape index (κ3) is 20.8. The topological polar surface area (TPSA) is 213 Å². The molecule has 342 valence electrons. The summed E-state index contributed by atoms with van der Waals surface area (Å²) in [4.78, 5) is 92.3. The van der Waals surface area contributed by atoms with Gasteiger partial charge < -0.3 is 44.3 Å². The Balaban J connectivity index is 5.94. The number of aliphatic hydroxyl groups is 1. The summed E-state index contributed by atoms with van der Waals surface area (Å²) in [6, 6.07) is 0. The average molecular weight is 844 g/mol. The monoisotopic (exact) mass is 844 g/mol. The fraction of sp³-hybridized carbons (Fsp3) is 0.837. The third-order valence-corrected chi connectivity index (χ3v) is 8.68. The van der Waals surface area contributed by atoms with Crippen LogP contribution in [0, 0.1) is 32.5 Å². The van der Waals surface area contributed by atoms with Crippen LogP contribution in [0.4, 0.5) is 0 Å². The fourth-order valence-electron chi connectivity index (χ4n) is 4.42. The number of rotatable bonds is 21. The molecule has 16 nitrogen and oxygen atoms in total. The van der Waals surface area contributed by atoms with Crippen molar-refractivity contribution in [1.29, 1.82) is 0 Å². The Labute approximate surface area is 352 Å². The van der Waals surface area contributed by atoms with Crippen LogP contribution in [0.2, 0.25) is 0 Å². The average Bonchev–Trinajstić information content (AvgIpc) is 3.09. The number of carbonyl (C=O) groups excluding carboxylic acids is 7. The molecule has 1 atom stereocenters. The molecule has 0 aliphatic heterocycles. The summed E-state index contributed by atoms with van der Waals surface area (Å²) in [7, 11) is 0. The summed E-state index contributed by atoms with van der Waals surface area (Å²) < 4.78 is 27.5. The molecular weight excluding hydrogens is 766 g/mol. The predicted molar refractivity (Wildman–Crippen MR) is 221 cm³/mol. The lowest BCUT2D eigenvalue weighted by Crippen LogP contribution is -2.49. The highest BCUT2D eigenvalue weighted by molar-refractivity contribution is 5.85. The molecule has 0 radical (unpaired) electrons. The van der Waals surface area contributed by atoms with Gasteiger partial charge in [0.05, 0.1) is 33.9 Å². The van der Waals surface area contributed by atoms with Crippen molar-refractivity contribution in [2.75, 3.05) is 59.2 Å². The minimum absolute atomic E-state index is 0.0723. The zero-order valence-electron chi connectivity index (χ0n) is 39.1. The van der Waals surface area contributed by atoms with Gasteiger partial charge in [-0.25, -0.2) is 0 Å². The van der Waals surface area contributed by atoms with Crippen LogP contribution in [-0.4, -0.2) is 123 Å². The number of nitrogens with one attached hydrogen (secondary N) is 2. The Morgan fingerprint density at radius 1 is 0.492 bits per heavy atom. The van der Waals surface area contributed by atoms with Gasteiger partial charge >= 0.3 is 23.9 Å². The number of hydrogen-bond acceptors (Lipinski definition) is 13. The summed E-state index contributed by atoms with van der Waals surface area (Å²) in [5.74, 6) is -3.82. The molecule has 0 spiro atoms. The second-order valence-corrected chi connectivity index (χ2v) is 20.9. The Kier molecular flexibility index (Phi) is 20.7. The fourth-order valence-corrected chi connectivity index (χ4v) is 4.42. The molecule has 0 heterocycles. The molecule has 3 N–H and O–H groups in total. The molecule has 16 heteroatoms. The molecule has 0 bridgehead atoms. The summed E-state index contributed by atoms with van der Waals surface area (Å²) in [5.41, 5.74) is -6.80. The van der Waals surface area contributed by atoms with Crippen molar-refractivity contribution in [3.8, 4) is 0 Å². The minimum Gasteiger partial charge on any atom is -0.464 e. The lowest BCUT2D eigenvalue weighted by atomic mass is 9.90. The first-order chi connectivity index (χ1) is 26.5. The number of esters is 4. The molecule has 3 amide bonds. The van der Waals surface area contributed by atoms with Crippen molar-refractivity contribution >= 4 is 41.6 Å². The summed E-state index contributed by atoms with van der Waals surface area (Å²) >= 11 is 0. The number of amides is 3. The van der Waals surface area contributed by atoms with Gasteiger partial charge in [0, 0.05) is 26.2 Å². The number of hydrogen-bond donors (Lipinski definition) is 3. The van der Waals surface area contributed by atoms with Gasteiger partial charge in [0.2, 0.25) is 11.8 Å². The summed E-state index contributed by atoms with van der Waals surface area (Å²) in [5, 5.41) is 16.4. The lowest BCUT2D eigenvalue weighted by molar-refractivity contribution is -0.168. The van der Waals surface area contributed by atoms with Crippen molar-refractivity contribution in [3.63, 3.8) is 0 Å². The van der Waals surface area contributed by atoms with E-state index in [9.17, 15) is 38.7 Å². The van der Waals surface area contributed by atoms with Gasteiger partial charge in [-0.05, 0) is 131 Å². The van der Waals surface area contributed by atoms with Crippen LogP contribution in [0.15, 0.2) is 0 Å². The van der Waals surface area contributed by atoms with Crippen LogP contribution in [0.3, 0.4) is 0 Å². The van der Waals surface area contributed by atoms with Crippen molar-refractivity contribution < 1.29 is 62.4 Å². The molecule has 0 rings (SSSR count). The molecule has 0 aliphatic rings. The second-order valence-electron chi connectivity index (χ2n) is 20.9. The van der Waals surface area contributed by atoms with Crippen molar-refractivity contribution in [2.45, 2.75) is 142 Å². The molecule has 0 aromatic rings. The van der Waals surface area contributed by atoms with E-state index in [2.05, 4.69) is 10.6 Å². The van der Waals surface area contributed by atoms with E-state index in [0.29, 0.717) is 0 Å². The maximum atomic E-state index is 13.6. The van der Waals surface area contributed by atoms with E-state index in [-0.39, 0.29) is 72.1 Å². The van der Waals surface area contributed by atoms with Crippen LogP contribution in [0.25, 0.3) is 0 Å². The summed E-state index contributed by atoms with van der Waals surface area (Å²) in [6.07, 6.45) is -1.01. The first-order valence-corrected chi connectivity index (χ1v) is 20.3. The van der Waals surface area contributed by atoms with Crippen LogP contribution in [0.5, 0.6) is 0 Å². The molecule has 0 aromatic heterocycles. The molecule has 59 heavy (non-hydrogen) atoms. The Morgan fingerprint density at radius 2 is 0.763 bits per heavy atom. The van der Waals surface area contributed by atoms with Gasteiger partial charge in [-0.1, -0.05) is 0 Å². The molecule has 0 saturated heterocycles. The van der Waals surface area contributed by atoms with E-state index in [4.69, 9.17) is 23.7 Å². The van der Waals surface area contributed by atoms with Crippen LogP contribution in [0.1, 0.15) is 131 Å². The zero-order chi connectivity index (χ0) is 46.4. The summed E-state index contributed by atoms with van der Waals surface area (Å²) in [6.45, 7) is 27.2. The zero-order valence-corrected chi connectivity index (χ0v) is 39.1. The highest BCUT2D eigenvalue weighted by Crippen LogP contribution is 2.26. The van der Waals surface area contributed by atoms with Gasteiger partial charge in [-0.15, -0.1) is 0 Å². The van der Waals surface area contributed by atoms with Gasteiger partial charge in [-0.2, -0.15) is 0 Å². The first kappa shape index (κ1) is 55.2. The van der Waals surface area contributed by atoms with E-state index < -0.39 is 85.8 Å². The van der Waals surface area contributed by atoms with Crippen LogP contribution in [-0.2, 0) is 57.2 Å². The van der Waals surface area contributed by atoms with Gasteiger partial charge in [0.1, 0.15) is 37.3 Å². The molecular formula is C43H77N3O13. The standard InChI is InChI=1S/C43H77N3O13/c1-37(2,3)33(51)55-25-42(16,26-56-34(52)38(4,5)6)31(49)44-20-18-22-46(30(48)29(47)24-59-41(13,14)15)23-19-21-45-32(50)43(17,27-57-35(53)39(7,8)9)28-58-36(54)40(10,11)12/h29,47H,18-28H2,1-17H3,(H,44,49)(H,45,50). The van der Waals surface area contributed by atoms with Gasteiger partial charge in [-0.3, -0.25) is 33.6 Å². The predicted octanol–water partition coefficient (Wildman–Crippen LogP) is 4.37. The van der Waals surface area contributed by atoms with E-state index in [0.717, 1.165) is 0 Å². The Morgan fingerprint density at radius 3 is 1.00 bits per heavy atom. The molecule has 0 fully saturated rings. The van der Waals surface area contributed by atoms with Gasteiger partial charge in [0.15, 0.2) is 6.10 Å². The quantitative estimate of drug-likeness (QED) is 0.0833. The number of ether oxygens (including phenoxy) is 5. The van der Waals surface area contributed by atoms with Crippen LogP contribution < -0.4 is 10.6 Å². The molecule has 1 unspecified atom stereocenters. The lowest BCUT2D eigenvalue weighted by Gasteiger charge is -2.31. The highest BCUT2D eigenvalue weighted by Gasteiger charge is 2.41. The number of carbonyl (C=O) groups is 7. The Bertz CT molecular complexity index is 1290. The van der Waals surface area contributed by atoms with E-state index in [1.54, 1.807) is 104 Å². The number of nitrogens with zero attached hydrogens (tertiary/aromatic N) is 1. The minimum atomic E-state index is -1.49. The maximum absolute atomic E-state index is 13.6. The third-order valence-electron chi connectivity index (χ3n) is 8.68. The largest absolute Gasteiger partial charge is 0.464 e. The smallest absolute Gasteiger partial charge is 0.311 e. The molecule has 0 aliphatic carbocycles. The maximum Gasteiger partial charge on any atom is 0.311 e. The van der Waals surface area contributed by atoms with Crippen LogP contribution >= 0.6 is 0 Å². The molecule has 0 aromatic carbocycles. The molecule has 0 saturated carbocycles. The van der Waals surface area contributed by atoms with E-state index in [1.165, 1.54) is 18.7 Å². The second kappa shape index (κ2) is 22.2. The number of aliphatic hydroxyl groups excluding tert-OH is 1. The van der Waals surface area contributed by atoms with Crippen molar-refractivity contribution in [2.24, 2.45) is 32.5 Å². The highest BCUT2D eigenvalue weighted by atomic mass is 16.6. The first-order valence-electron chi connectivity index (χ1n) is 20.3. The van der Waals surface area contributed by atoms with E-state index in [1.807, 2.05) is 0 Å². The van der Waals surface area contributed by atoms with Crippen molar-refractivity contribution in [3.05, 3.63) is 0 Å². The normalized spacial score (nSPS) is 13.5. The van der Waals surface area contributed by atoms with Crippen molar-refractivity contribution in [1.82, 2.24) is 15.5 Å². The van der Waals surface area contributed by atoms with E-state index >= 15 is 0 Å².